The maximum Gasteiger partial charge on any atom is 0.273 e. The van der Waals surface area contributed by atoms with Gasteiger partial charge in [-0.05, 0) is 18.6 Å². The summed E-state index contributed by atoms with van der Waals surface area (Å²) in [5, 5.41) is 14.2. The molecule has 1 fully saturated rings. The number of ether oxygens (including phenoxy) is 1. The number of nitrogens with zero attached hydrogens (tertiary/aromatic N) is 2. The summed E-state index contributed by atoms with van der Waals surface area (Å²) in [6.07, 6.45) is 0. The molecule has 6 heteroatoms. The minimum Gasteiger partial charge on any atom is -0.496 e. The van der Waals surface area contributed by atoms with Crippen molar-refractivity contribution in [2.75, 3.05) is 26.7 Å². The zero-order valence-corrected chi connectivity index (χ0v) is 11.3. The van der Waals surface area contributed by atoms with Crippen LogP contribution < -0.4 is 10.1 Å². The second-order valence-corrected chi connectivity index (χ2v) is 4.82. The number of benzene rings is 1. The van der Waals surface area contributed by atoms with E-state index in [1.807, 2.05) is 6.07 Å². The van der Waals surface area contributed by atoms with E-state index in [0.717, 1.165) is 25.2 Å². The molecule has 1 aliphatic heterocycles. The quantitative estimate of drug-likeness (QED) is 0.658. The molecule has 1 atom stereocenters. The normalized spacial score (nSPS) is 20.2. The van der Waals surface area contributed by atoms with Crippen molar-refractivity contribution in [1.82, 2.24) is 10.2 Å². The Balaban J connectivity index is 2.18. The van der Waals surface area contributed by atoms with Crippen LogP contribution in [0.2, 0.25) is 0 Å². The van der Waals surface area contributed by atoms with Gasteiger partial charge in [0.2, 0.25) is 0 Å². The lowest BCUT2D eigenvalue weighted by Gasteiger charge is -2.33. The van der Waals surface area contributed by atoms with Crippen LogP contribution in [0.1, 0.15) is 12.5 Å². The molecule has 1 aromatic carbocycles. The van der Waals surface area contributed by atoms with Crippen molar-refractivity contribution in [1.29, 1.82) is 0 Å². The first kappa shape index (κ1) is 13.8. The average Bonchev–Trinajstić information content (AvgIpc) is 2.41. The predicted molar refractivity (Wildman–Crippen MR) is 72.4 cm³/mol. The van der Waals surface area contributed by atoms with Crippen molar-refractivity contribution in [3.05, 3.63) is 33.9 Å². The highest BCUT2D eigenvalue weighted by atomic mass is 16.6. The first-order chi connectivity index (χ1) is 9.10. The number of hydrogen-bond acceptors (Lipinski definition) is 5. The third-order valence-electron chi connectivity index (χ3n) is 3.42. The van der Waals surface area contributed by atoms with Gasteiger partial charge >= 0.3 is 0 Å². The average molecular weight is 265 g/mol. The van der Waals surface area contributed by atoms with E-state index in [2.05, 4.69) is 17.1 Å². The highest BCUT2D eigenvalue weighted by Crippen LogP contribution is 2.24. The molecule has 1 aliphatic rings. The molecule has 0 amide bonds. The minimum atomic E-state index is -0.382. The van der Waals surface area contributed by atoms with E-state index in [1.54, 1.807) is 6.07 Å². The van der Waals surface area contributed by atoms with Gasteiger partial charge in [0.1, 0.15) is 5.75 Å². The Bertz CT molecular complexity index is 464. The standard InChI is InChI=1S/C13H19N3O3/c1-10-8-14-3-4-15(10)9-11-5-12(16(17)18)7-13(6-11)19-2/h5-7,10,14H,3-4,8-9H2,1-2H3/t10-/m0/s1. The lowest BCUT2D eigenvalue weighted by molar-refractivity contribution is -0.385. The van der Waals surface area contributed by atoms with E-state index in [0.29, 0.717) is 18.3 Å². The number of nitro groups is 1. The summed E-state index contributed by atoms with van der Waals surface area (Å²) in [6, 6.07) is 5.36. The Hall–Kier alpha value is -1.66. The van der Waals surface area contributed by atoms with Gasteiger partial charge in [-0.1, -0.05) is 0 Å². The minimum absolute atomic E-state index is 0.0807. The van der Waals surface area contributed by atoms with Crippen LogP contribution in [0.3, 0.4) is 0 Å². The van der Waals surface area contributed by atoms with Crippen LogP contribution in [0.15, 0.2) is 18.2 Å². The molecule has 2 rings (SSSR count). The molecular formula is C13H19N3O3. The molecule has 0 unspecified atom stereocenters. The lowest BCUT2D eigenvalue weighted by Crippen LogP contribution is -2.49. The largest absolute Gasteiger partial charge is 0.496 e. The third kappa shape index (κ3) is 3.42. The molecule has 19 heavy (non-hydrogen) atoms. The molecule has 0 aliphatic carbocycles. The van der Waals surface area contributed by atoms with Gasteiger partial charge in [-0.15, -0.1) is 0 Å². The van der Waals surface area contributed by atoms with Gasteiger partial charge in [0.25, 0.3) is 5.69 Å². The number of piperazine rings is 1. The number of methoxy groups -OCH3 is 1. The van der Waals surface area contributed by atoms with Gasteiger partial charge in [-0.3, -0.25) is 15.0 Å². The molecule has 1 saturated heterocycles. The zero-order valence-electron chi connectivity index (χ0n) is 11.3. The third-order valence-corrected chi connectivity index (χ3v) is 3.42. The highest BCUT2D eigenvalue weighted by molar-refractivity contribution is 5.42. The highest BCUT2D eigenvalue weighted by Gasteiger charge is 2.19. The van der Waals surface area contributed by atoms with Gasteiger partial charge in [0, 0.05) is 38.3 Å². The summed E-state index contributed by atoms with van der Waals surface area (Å²) in [4.78, 5) is 12.8. The number of nitro benzene ring substituents is 1. The van der Waals surface area contributed by atoms with E-state index < -0.39 is 0 Å². The monoisotopic (exact) mass is 265 g/mol. The van der Waals surface area contributed by atoms with Crippen molar-refractivity contribution in [2.45, 2.75) is 19.5 Å². The van der Waals surface area contributed by atoms with Crippen LogP contribution in [0.5, 0.6) is 5.75 Å². The molecule has 1 heterocycles. The maximum atomic E-state index is 10.9. The molecule has 0 bridgehead atoms. The molecule has 1 aromatic rings. The lowest BCUT2D eigenvalue weighted by atomic mass is 10.1. The van der Waals surface area contributed by atoms with Gasteiger partial charge in [0.05, 0.1) is 18.1 Å². The Morgan fingerprint density at radius 1 is 1.53 bits per heavy atom. The molecule has 0 saturated carbocycles. The van der Waals surface area contributed by atoms with Gasteiger partial charge in [0.15, 0.2) is 0 Å². The fourth-order valence-corrected chi connectivity index (χ4v) is 2.31. The molecule has 0 spiro atoms. The Labute approximate surface area is 112 Å². The first-order valence-corrected chi connectivity index (χ1v) is 6.37. The molecule has 1 N–H and O–H groups in total. The predicted octanol–water partition coefficient (Wildman–Crippen LogP) is 1.40. The van der Waals surface area contributed by atoms with E-state index in [-0.39, 0.29) is 10.6 Å². The molecular weight excluding hydrogens is 246 g/mol. The van der Waals surface area contributed by atoms with E-state index in [4.69, 9.17) is 4.74 Å². The fraction of sp³-hybridized carbons (Fsp3) is 0.538. The van der Waals surface area contributed by atoms with Crippen molar-refractivity contribution in [2.24, 2.45) is 0 Å². The van der Waals surface area contributed by atoms with Crippen LogP contribution >= 0.6 is 0 Å². The van der Waals surface area contributed by atoms with Crippen molar-refractivity contribution >= 4 is 5.69 Å². The van der Waals surface area contributed by atoms with Crippen molar-refractivity contribution < 1.29 is 9.66 Å². The van der Waals surface area contributed by atoms with Crippen LogP contribution in [-0.4, -0.2) is 42.6 Å². The molecule has 6 nitrogen and oxygen atoms in total. The summed E-state index contributed by atoms with van der Waals surface area (Å²) >= 11 is 0. The molecule has 0 aromatic heterocycles. The van der Waals surface area contributed by atoms with Crippen LogP contribution in [-0.2, 0) is 6.54 Å². The molecule has 104 valence electrons. The number of non-ortho nitro benzene ring substituents is 1. The van der Waals surface area contributed by atoms with Gasteiger partial charge in [-0.25, -0.2) is 0 Å². The Morgan fingerprint density at radius 3 is 2.95 bits per heavy atom. The van der Waals surface area contributed by atoms with Crippen LogP contribution in [0, 0.1) is 10.1 Å². The van der Waals surface area contributed by atoms with Gasteiger partial charge in [-0.2, -0.15) is 0 Å². The smallest absolute Gasteiger partial charge is 0.273 e. The zero-order chi connectivity index (χ0) is 13.8. The SMILES string of the molecule is COc1cc(CN2CCNC[C@@H]2C)cc([N+](=O)[O-])c1. The summed E-state index contributed by atoms with van der Waals surface area (Å²) in [6.45, 7) is 5.72. The number of nitrogens with one attached hydrogen (secondary N) is 1. The van der Waals surface area contributed by atoms with Crippen molar-refractivity contribution in [3.8, 4) is 5.75 Å². The second-order valence-electron chi connectivity index (χ2n) is 4.82. The van der Waals surface area contributed by atoms with Crippen LogP contribution in [0.25, 0.3) is 0 Å². The first-order valence-electron chi connectivity index (χ1n) is 6.37. The fourth-order valence-electron chi connectivity index (χ4n) is 2.31. The Morgan fingerprint density at radius 2 is 2.32 bits per heavy atom. The van der Waals surface area contributed by atoms with E-state index in [1.165, 1.54) is 13.2 Å². The maximum absolute atomic E-state index is 10.9. The number of hydrogen-bond donors (Lipinski definition) is 1. The summed E-state index contributed by atoms with van der Waals surface area (Å²) in [7, 11) is 1.52. The summed E-state index contributed by atoms with van der Waals surface area (Å²) in [5.74, 6) is 0.534. The Kier molecular flexibility index (Phi) is 4.34. The second kappa shape index (κ2) is 5.99. The van der Waals surface area contributed by atoms with Gasteiger partial charge < -0.3 is 10.1 Å². The molecule has 0 radical (unpaired) electrons. The summed E-state index contributed by atoms with van der Waals surface area (Å²) in [5.41, 5.74) is 0.997. The van der Waals surface area contributed by atoms with Crippen LogP contribution in [0.4, 0.5) is 5.69 Å². The van der Waals surface area contributed by atoms with E-state index >= 15 is 0 Å². The number of rotatable bonds is 4. The van der Waals surface area contributed by atoms with E-state index in [9.17, 15) is 10.1 Å². The summed E-state index contributed by atoms with van der Waals surface area (Å²) < 4.78 is 5.13. The van der Waals surface area contributed by atoms with Crippen molar-refractivity contribution in [3.63, 3.8) is 0 Å². The topological polar surface area (TPSA) is 67.6 Å².